The van der Waals surface area contributed by atoms with Crippen LogP contribution >= 0.6 is 23.2 Å². The zero-order valence-corrected chi connectivity index (χ0v) is 12.5. The number of hydrogen-bond acceptors (Lipinski definition) is 1. The topological polar surface area (TPSA) is 3.24 Å². The first-order chi connectivity index (χ1) is 8.70. The third-order valence-electron chi connectivity index (χ3n) is 3.85. The van der Waals surface area contributed by atoms with Crippen molar-refractivity contribution >= 4 is 28.9 Å². The molecule has 0 atom stereocenters. The number of anilines is 1. The van der Waals surface area contributed by atoms with Gasteiger partial charge >= 0.3 is 0 Å². The van der Waals surface area contributed by atoms with Gasteiger partial charge in [0.05, 0.1) is 0 Å². The van der Waals surface area contributed by atoms with Crippen LogP contribution in [0, 0.1) is 5.92 Å². The van der Waals surface area contributed by atoms with Gasteiger partial charge in [-0.25, -0.2) is 0 Å². The van der Waals surface area contributed by atoms with Crippen molar-refractivity contribution in [3.05, 3.63) is 28.8 Å². The van der Waals surface area contributed by atoms with Crippen molar-refractivity contribution in [1.82, 2.24) is 0 Å². The Kier molecular flexibility index (Phi) is 5.20. The molecule has 0 radical (unpaired) electrons. The predicted molar refractivity (Wildman–Crippen MR) is 80.9 cm³/mol. The van der Waals surface area contributed by atoms with Crippen LogP contribution in [0.4, 0.5) is 5.69 Å². The summed E-state index contributed by atoms with van der Waals surface area (Å²) in [7, 11) is 2.16. The summed E-state index contributed by atoms with van der Waals surface area (Å²) in [5.41, 5.74) is 2.35. The van der Waals surface area contributed by atoms with Gasteiger partial charge in [-0.15, -0.1) is 11.6 Å². The van der Waals surface area contributed by atoms with Gasteiger partial charge in [0.2, 0.25) is 0 Å². The lowest BCUT2D eigenvalue weighted by Gasteiger charge is -2.29. The molecule has 100 valence electrons. The first-order valence-corrected chi connectivity index (χ1v) is 7.67. The second kappa shape index (κ2) is 6.68. The Hall–Kier alpha value is -0.400. The zero-order valence-electron chi connectivity index (χ0n) is 11.0. The smallest absolute Gasteiger partial charge is 0.0495 e. The van der Waals surface area contributed by atoms with Crippen molar-refractivity contribution in [3.8, 4) is 0 Å². The molecule has 1 aliphatic rings. The van der Waals surface area contributed by atoms with Gasteiger partial charge in [0.1, 0.15) is 0 Å². The molecule has 0 unspecified atom stereocenters. The standard InChI is InChI=1S/C15H21Cl2N/c1-18(11-12-5-3-2-4-6-12)15-8-7-14(17)9-13(15)10-16/h7-9,12H,2-6,10-11H2,1H3. The van der Waals surface area contributed by atoms with E-state index in [-0.39, 0.29) is 0 Å². The molecule has 18 heavy (non-hydrogen) atoms. The Balaban J connectivity index is 2.05. The van der Waals surface area contributed by atoms with Gasteiger partial charge in [-0.1, -0.05) is 30.9 Å². The van der Waals surface area contributed by atoms with Gasteiger partial charge in [0.15, 0.2) is 0 Å². The molecule has 0 N–H and O–H groups in total. The molecule has 0 spiro atoms. The van der Waals surface area contributed by atoms with Crippen molar-refractivity contribution in [2.45, 2.75) is 38.0 Å². The lowest BCUT2D eigenvalue weighted by atomic mass is 9.89. The lowest BCUT2D eigenvalue weighted by molar-refractivity contribution is 0.362. The largest absolute Gasteiger partial charge is 0.374 e. The summed E-state index contributed by atoms with van der Waals surface area (Å²) in [4.78, 5) is 2.34. The summed E-state index contributed by atoms with van der Waals surface area (Å²) in [6.45, 7) is 1.13. The summed E-state index contributed by atoms with van der Waals surface area (Å²) < 4.78 is 0. The Bertz CT molecular complexity index is 386. The zero-order chi connectivity index (χ0) is 13.0. The fraction of sp³-hybridized carbons (Fsp3) is 0.600. The van der Waals surface area contributed by atoms with Crippen molar-refractivity contribution < 1.29 is 0 Å². The molecule has 2 rings (SSSR count). The van der Waals surface area contributed by atoms with E-state index in [4.69, 9.17) is 23.2 Å². The van der Waals surface area contributed by atoms with Crippen molar-refractivity contribution in [1.29, 1.82) is 0 Å². The van der Waals surface area contributed by atoms with Gasteiger partial charge in [-0.3, -0.25) is 0 Å². The fourth-order valence-corrected chi connectivity index (χ4v) is 3.30. The second-order valence-electron chi connectivity index (χ2n) is 5.29. The maximum atomic E-state index is 6.01. The highest BCUT2D eigenvalue weighted by Crippen LogP contribution is 2.29. The maximum absolute atomic E-state index is 6.01. The van der Waals surface area contributed by atoms with Crippen LogP contribution in [-0.4, -0.2) is 13.6 Å². The molecule has 1 fully saturated rings. The van der Waals surface area contributed by atoms with E-state index in [2.05, 4.69) is 18.0 Å². The molecule has 0 aliphatic heterocycles. The van der Waals surface area contributed by atoms with Crippen LogP contribution in [0.3, 0.4) is 0 Å². The van der Waals surface area contributed by atoms with Crippen LogP contribution < -0.4 is 4.90 Å². The normalized spacial score (nSPS) is 16.8. The minimum Gasteiger partial charge on any atom is -0.374 e. The van der Waals surface area contributed by atoms with Gasteiger partial charge in [0.25, 0.3) is 0 Å². The van der Waals surface area contributed by atoms with E-state index in [1.54, 1.807) is 0 Å². The van der Waals surface area contributed by atoms with Gasteiger partial charge in [-0.2, -0.15) is 0 Å². The van der Waals surface area contributed by atoms with Crippen LogP contribution in [-0.2, 0) is 5.88 Å². The van der Waals surface area contributed by atoms with Crippen LogP contribution in [0.2, 0.25) is 5.02 Å². The molecule has 1 saturated carbocycles. The molecule has 0 aromatic heterocycles. The number of rotatable bonds is 4. The van der Waals surface area contributed by atoms with E-state index in [1.165, 1.54) is 37.8 Å². The van der Waals surface area contributed by atoms with Gasteiger partial charge in [0, 0.05) is 30.2 Å². The number of alkyl halides is 1. The molecule has 1 aromatic rings. The Morgan fingerprint density at radius 3 is 2.61 bits per heavy atom. The van der Waals surface area contributed by atoms with Gasteiger partial charge in [-0.05, 0) is 42.5 Å². The molecular weight excluding hydrogens is 265 g/mol. The Morgan fingerprint density at radius 2 is 1.94 bits per heavy atom. The molecule has 1 aromatic carbocycles. The molecular formula is C15H21Cl2N. The van der Waals surface area contributed by atoms with Crippen molar-refractivity contribution in [2.24, 2.45) is 5.92 Å². The van der Waals surface area contributed by atoms with Crippen molar-refractivity contribution in [2.75, 3.05) is 18.5 Å². The average Bonchev–Trinajstić information content (AvgIpc) is 2.39. The summed E-state index contributed by atoms with van der Waals surface area (Å²) in [5, 5.41) is 0.764. The lowest BCUT2D eigenvalue weighted by Crippen LogP contribution is -2.27. The van der Waals surface area contributed by atoms with Crippen molar-refractivity contribution in [3.63, 3.8) is 0 Å². The summed E-state index contributed by atoms with van der Waals surface area (Å²) in [5.74, 6) is 1.35. The van der Waals surface area contributed by atoms with Crippen LogP contribution in [0.25, 0.3) is 0 Å². The molecule has 3 heteroatoms. The average molecular weight is 286 g/mol. The third-order valence-corrected chi connectivity index (χ3v) is 4.38. The predicted octanol–water partition coefficient (Wildman–Crippen LogP) is 5.10. The third kappa shape index (κ3) is 3.55. The quantitative estimate of drug-likeness (QED) is 0.696. The molecule has 0 bridgehead atoms. The Labute approximate surface area is 120 Å². The highest BCUT2D eigenvalue weighted by molar-refractivity contribution is 6.30. The molecule has 1 aliphatic carbocycles. The monoisotopic (exact) mass is 285 g/mol. The van der Waals surface area contributed by atoms with E-state index in [0.717, 1.165) is 23.0 Å². The molecule has 1 nitrogen and oxygen atoms in total. The van der Waals surface area contributed by atoms with E-state index in [0.29, 0.717) is 5.88 Å². The fourth-order valence-electron chi connectivity index (χ4n) is 2.89. The molecule has 0 saturated heterocycles. The van der Waals surface area contributed by atoms with Crippen LogP contribution in [0.15, 0.2) is 18.2 Å². The SMILES string of the molecule is CN(CC1CCCCC1)c1ccc(Cl)cc1CCl. The second-order valence-corrected chi connectivity index (χ2v) is 5.99. The minimum absolute atomic E-state index is 0.519. The minimum atomic E-state index is 0.519. The van der Waals surface area contributed by atoms with Crippen LogP contribution in [0.5, 0.6) is 0 Å². The van der Waals surface area contributed by atoms with E-state index >= 15 is 0 Å². The first kappa shape index (κ1) is 14.0. The number of halogens is 2. The first-order valence-electron chi connectivity index (χ1n) is 6.76. The Morgan fingerprint density at radius 1 is 1.22 bits per heavy atom. The summed E-state index contributed by atoms with van der Waals surface area (Å²) in [6.07, 6.45) is 6.93. The molecule has 0 heterocycles. The van der Waals surface area contributed by atoms with E-state index < -0.39 is 0 Å². The highest BCUT2D eigenvalue weighted by atomic mass is 35.5. The van der Waals surface area contributed by atoms with Crippen LogP contribution in [0.1, 0.15) is 37.7 Å². The number of nitrogens with zero attached hydrogens (tertiary/aromatic N) is 1. The molecule has 0 amide bonds. The highest BCUT2D eigenvalue weighted by Gasteiger charge is 2.16. The van der Waals surface area contributed by atoms with E-state index in [9.17, 15) is 0 Å². The summed E-state index contributed by atoms with van der Waals surface area (Å²) in [6, 6.07) is 6.01. The van der Waals surface area contributed by atoms with E-state index in [1.807, 2.05) is 12.1 Å². The summed E-state index contributed by atoms with van der Waals surface area (Å²) >= 11 is 12.0. The maximum Gasteiger partial charge on any atom is 0.0495 e. The number of benzene rings is 1. The number of hydrogen-bond donors (Lipinski definition) is 0. The van der Waals surface area contributed by atoms with Gasteiger partial charge < -0.3 is 4.90 Å².